The van der Waals surface area contributed by atoms with Gasteiger partial charge in [0.1, 0.15) is 0 Å². The highest BCUT2D eigenvalue weighted by Gasteiger charge is 2.14. The maximum atomic E-state index is 3.63. The molecular weight excluding hydrogens is 420 g/mol. The lowest BCUT2D eigenvalue weighted by atomic mass is 10.1. The lowest BCUT2D eigenvalue weighted by molar-refractivity contribution is 0.997. The van der Waals surface area contributed by atoms with Gasteiger partial charge in [0, 0.05) is 48.6 Å². The molecule has 1 N–H and O–H groups in total. The van der Waals surface area contributed by atoms with E-state index in [4.69, 9.17) is 0 Å². The van der Waals surface area contributed by atoms with E-state index in [0.717, 1.165) is 29.9 Å². The third-order valence-corrected chi connectivity index (χ3v) is 7.15. The fourth-order valence-corrected chi connectivity index (χ4v) is 5.63. The zero-order valence-electron chi connectivity index (χ0n) is 18.2. The highest BCUT2D eigenvalue weighted by atomic mass is 32.1. The molecule has 0 bridgehead atoms. The van der Waals surface area contributed by atoms with Crippen LogP contribution in [0.15, 0.2) is 121 Å². The summed E-state index contributed by atoms with van der Waals surface area (Å²) in [6, 6.07) is 34.5. The van der Waals surface area contributed by atoms with Gasteiger partial charge in [-0.25, -0.2) is 0 Å². The molecule has 0 amide bonds. The molecule has 0 unspecified atom stereocenters. The Morgan fingerprint density at radius 2 is 1.42 bits per heavy atom. The Bertz CT molecular complexity index is 1490. The van der Waals surface area contributed by atoms with Gasteiger partial charge in [-0.1, -0.05) is 60.7 Å². The van der Waals surface area contributed by atoms with Gasteiger partial charge in [0.15, 0.2) is 0 Å². The summed E-state index contributed by atoms with van der Waals surface area (Å²) in [7, 11) is 0. The van der Waals surface area contributed by atoms with Gasteiger partial charge in [-0.3, -0.25) is 0 Å². The van der Waals surface area contributed by atoms with Crippen LogP contribution in [0.4, 0.5) is 22.7 Å². The zero-order chi connectivity index (χ0) is 22.0. The molecule has 1 heterocycles. The van der Waals surface area contributed by atoms with E-state index in [0.29, 0.717) is 0 Å². The van der Waals surface area contributed by atoms with Crippen molar-refractivity contribution in [1.29, 1.82) is 0 Å². The van der Waals surface area contributed by atoms with Crippen LogP contribution in [0.2, 0.25) is 0 Å². The summed E-state index contributed by atoms with van der Waals surface area (Å²) in [5.74, 6) is 0. The van der Waals surface area contributed by atoms with Crippen molar-refractivity contribution < 1.29 is 0 Å². The smallest absolute Gasteiger partial charge is 0.0482 e. The molecule has 0 radical (unpaired) electrons. The van der Waals surface area contributed by atoms with Crippen molar-refractivity contribution in [1.82, 2.24) is 0 Å². The highest BCUT2D eigenvalue weighted by Crippen LogP contribution is 2.37. The molecule has 5 aromatic rings. The van der Waals surface area contributed by atoms with E-state index in [2.05, 4.69) is 126 Å². The minimum Gasteiger partial charge on any atom is -0.355 e. The van der Waals surface area contributed by atoms with Crippen molar-refractivity contribution >= 4 is 54.3 Å². The van der Waals surface area contributed by atoms with Crippen LogP contribution in [-0.2, 0) is 0 Å². The summed E-state index contributed by atoms with van der Waals surface area (Å²) < 4.78 is 2.64. The summed E-state index contributed by atoms with van der Waals surface area (Å²) in [6.07, 6.45) is 8.98. The Morgan fingerprint density at radius 1 is 0.636 bits per heavy atom. The molecule has 1 aliphatic rings. The van der Waals surface area contributed by atoms with Crippen LogP contribution in [0.5, 0.6) is 0 Å². The van der Waals surface area contributed by atoms with E-state index in [1.807, 2.05) is 11.3 Å². The quantitative estimate of drug-likeness (QED) is 0.291. The first-order chi connectivity index (χ1) is 16.3. The van der Waals surface area contributed by atoms with Crippen molar-refractivity contribution in [2.24, 2.45) is 0 Å². The summed E-state index contributed by atoms with van der Waals surface area (Å²) in [4.78, 5) is 2.33. The number of benzene rings is 4. The number of hydrogen-bond acceptors (Lipinski definition) is 3. The monoisotopic (exact) mass is 444 g/mol. The maximum absolute atomic E-state index is 3.63. The second-order valence-electron chi connectivity index (χ2n) is 8.26. The third-order valence-electron chi connectivity index (χ3n) is 6.02. The zero-order valence-corrected chi connectivity index (χ0v) is 19.1. The summed E-state index contributed by atoms with van der Waals surface area (Å²) >= 11 is 1.85. The van der Waals surface area contributed by atoms with E-state index in [9.17, 15) is 0 Å². The second kappa shape index (κ2) is 8.61. The van der Waals surface area contributed by atoms with E-state index >= 15 is 0 Å². The SMILES string of the molecule is C1=CC(N(c2ccccc2)c2cccc(Nc3ccc4c(c3)sc3ccccc34)c2)=CCC1. The Morgan fingerprint density at radius 3 is 2.30 bits per heavy atom. The molecule has 0 atom stereocenters. The summed E-state index contributed by atoms with van der Waals surface area (Å²) in [6.45, 7) is 0. The molecule has 4 aromatic carbocycles. The van der Waals surface area contributed by atoms with Gasteiger partial charge in [0.2, 0.25) is 0 Å². The topological polar surface area (TPSA) is 15.3 Å². The van der Waals surface area contributed by atoms with Crippen molar-refractivity contribution in [2.45, 2.75) is 12.8 Å². The van der Waals surface area contributed by atoms with Crippen molar-refractivity contribution in [3.63, 3.8) is 0 Å². The average Bonchev–Trinajstić information content (AvgIpc) is 3.24. The minimum atomic E-state index is 1.07. The van der Waals surface area contributed by atoms with E-state index in [1.165, 1.54) is 31.6 Å². The first-order valence-electron chi connectivity index (χ1n) is 11.4. The van der Waals surface area contributed by atoms with Gasteiger partial charge in [0.05, 0.1) is 0 Å². The van der Waals surface area contributed by atoms with Crippen LogP contribution in [0.3, 0.4) is 0 Å². The van der Waals surface area contributed by atoms with Gasteiger partial charge in [0.25, 0.3) is 0 Å². The highest BCUT2D eigenvalue weighted by molar-refractivity contribution is 7.25. The Kier molecular flexibility index (Phi) is 5.17. The van der Waals surface area contributed by atoms with Crippen LogP contribution in [0.25, 0.3) is 20.2 Å². The number of nitrogens with zero attached hydrogens (tertiary/aromatic N) is 1. The van der Waals surface area contributed by atoms with Gasteiger partial charge >= 0.3 is 0 Å². The normalized spacial score (nSPS) is 13.3. The van der Waals surface area contributed by atoms with Crippen LogP contribution in [-0.4, -0.2) is 0 Å². The predicted molar refractivity (Wildman–Crippen MR) is 144 cm³/mol. The van der Waals surface area contributed by atoms with Crippen LogP contribution < -0.4 is 10.2 Å². The first-order valence-corrected chi connectivity index (χ1v) is 12.2. The molecule has 0 spiro atoms. The summed E-state index contributed by atoms with van der Waals surface area (Å²) in [5, 5.41) is 6.28. The molecule has 0 fully saturated rings. The Hall–Kier alpha value is -3.82. The molecule has 2 nitrogen and oxygen atoms in total. The number of nitrogens with one attached hydrogen (secondary N) is 1. The molecule has 6 rings (SSSR count). The molecule has 33 heavy (non-hydrogen) atoms. The van der Waals surface area contributed by atoms with Crippen LogP contribution >= 0.6 is 11.3 Å². The van der Waals surface area contributed by atoms with Crippen molar-refractivity contribution in [3.05, 3.63) is 121 Å². The third kappa shape index (κ3) is 3.92. The van der Waals surface area contributed by atoms with Gasteiger partial charge < -0.3 is 10.2 Å². The van der Waals surface area contributed by atoms with Gasteiger partial charge in [-0.05, 0) is 67.4 Å². The fraction of sp³-hybridized carbons (Fsp3) is 0.0667. The van der Waals surface area contributed by atoms with Gasteiger partial charge in [-0.2, -0.15) is 0 Å². The van der Waals surface area contributed by atoms with E-state index < -0.39 is 0 Å². The number of allylic oxidation sites excluding steroid dienone is 3. The predicted octanol–water partition coefficient (Wildman–Crippen LogP) is 9.17. The molecule has 1 aromatic heterocycles. The fourth-order valence-electron chi connectivity index (χ4n) is 4.48. The molecule has 0 aliphatic heterocycles. The van der Waals surface area contributed by atoms with Crippen LogP contribution in [0.1, 0.15) is 12.8 Å². The number of fused-ring (bicyclic) bond motifs is 3. The number of hydrogen-bond donors (Lipinski definition) is 1. The Labute approximate surface area is 198 Å². The van der Waals surface area contributed by atoms with E-state index in [1.54, 1.807) is 0 Å². The molecule has 3 heteroatoms. The van der Waals surface area contributed by atoms with Gasteiger partial charge in [-0.15, -0.1) is 11.3 Å². The lowest BCUT2D eigenvalue weighted by Crippen LogP contribution is -2.16. The number of para-hydroxylation sites is 1. The number of rotatable bonds is 5. The average molecular weight is 445 g/mol. The number of thiophene rings is 1. The molecule has 1 aliphatic carbocycles. The molecular formula is C30H24N2S. The molecule has 0 saturated carbocycles. The first kappa shape index (κ1) is 19.8. The maximum Gasteiger partial charge on any atom is 0.0482 e. The minimum absolute atomic E-state index is 1.07. The second-order valence-corrected chi connectivity index (χ2v) is 9.35. The lowest BCUT2D eigenvalue weighted by Gasteiger charge is -2.28. The molecule has 0 saturated heterocycles. The van der Waals surface area contributed by atoms with Crippen molar-refractivity contribution in [2.75, 3.05) is 10.2 Å². The Balaban J connectivity index is 1.35. The van der Waals surface area contributed by atoms with Crippen LogP contribution in [0, 0.1) is 0 Å². The van der Waals surface area contributed by atoms with E-state index in [-0.39, 0.29) is 0 Å². The number of anilines is 4. The molecule has 160 valence electrons. The standard InChI is InChI=1S/C30H24N2S/c1-3-11-24(12-4-1)32(25-13-5-2-6-14-25)26-15-9-10-22(20-26)31-23-18-19-28-27-16-7-8-17-29(27)33-30(28)21-23/h1,3-5,7-21,31H,2,6H2. The summed E-state index contributed by atoms with van der Waals surface area (Å²) in [5.41, 5.74) is 5.71. The van der Waals surface area contributed by atoms with Crippen molar-refractivity contribution in [3.8, 4) is 0 Å². The largest absolute Gasteiger partial charge is 0.355 e.